The Labute approximate surface area is 105 Å². The summed E-state index contributed by atoms with van der Waals surface area (Å²) in [7, 11) is 0. The first-order valence-corrected chi connectivity index (χ1v) is 5.99. The molecule has 0 bridgehead atoms. The maximum Gasteiger partial charge on any atom is 0.161 e. The average Bonchev–Trinajstić information content (AvgIpc) is 2.83. The number of hydrogen-bond acceptors (Lipinski definition) is 4. The van der Waals surface area contributed by atoms with Gasteiger partial charge < -0.3 is 20.2 Å². The van der Waals surface area contributed by atoms with Gasteiger partial charge in [-0.05, 0) is 17.7 Å². The van der Waals surface area contributed by atoms with Crippen LogP contribution in [0.1, 0.15) is 23.9 Å². The largest absolute Gasteiger partial charge is 0.490 e. The summed E-state index contributed by atoms with van der Waals surface area (Å²) in [6, 6.07) is 5.49. The highest BCUT2D eigenvalue weighted by Crippen LogP contribution is 2.32. The van der Waals surface area contributed by atoms with E-state index < -0.39 is 0 Å². The molecule has 0 fully saturated rings. The highest BCUT2D eigenvalue weighted by molar-refractivity contribution is 5.45. The summed E-state index contributed by atoms with van der Waals surface area (Å²) in [5.74, 6) is 2.28. The van der Waals surface area contributed by atoms with Gasteiger partial charge in [-0.1, -0.05) is 6.07 Å². The quantitative estimate of drug-likeness (QED) is 0.843. The molecule has 0 saturated heterocycles. The number of ether oxygens (including phenoxy) is 2. The molecule has 18 heavy (non-hydrogen) atoms. The Balaban J connectivity index is 1.92. The van der Waals surface area contributed by atoms with Crippen LogP contribution in [-0.4, -0.2) is 23.2 Å². The van der Waals surface area contributed by atoms with E-state index in [0.717, 1.165) is 29.3 Å². The fourth-order valence-corrected chi connectivity index (χ4v) is 1.98. The SMILES string of the molecule is NC(c1ccc2c(c1)OCCCO2)c1ncc[nH]1. The van der Waals surface area contributed by atoms with E-state index in [4.69, 9.17) is 15.2 Å². The number of aromatic amines is 1. The number of nitrogens with two attached hydrogens (primary N) is 1. The molecule has 0 aliphatic carbocycles. The zero-order valence-electron chi connectivity index (χ0n) is 9.93. The number of rotatable bonds is 2. The summed E-state index contributed by atoms with van der Waals surface area (Å²) in [6.07, 6.45) is 4.35. The second-order valence-corrected chi connectivity index (χ2v) is 4.21. The van der Waals surface area contributed by atoms with E-state index in [-0.39, 0.29) is 6.04 Å². The van der Waals surface area contributed by atoms with E-state index in [0.29, 0.717) is 13.2 Å². The Morgan fingerprint density at radius 2 is 2.06 bits per heavy atom. The maximum absolute atomic E-state index is 6.14. The van der Waals surface area contributed by atoms with E-state index in [1.54, 1.807) is 12.4 Å². The summed E-state index contributed by atoms with van der Waals surface area (Å²) >= 11 is 0. The molecule has 1 aliphatic rings. The van der Waals surface area contributed by atoms with E-state index in [1.807, 2.05) is 18.2 Å². The van der Waals surface area contributed by atoms with Gasteiger partial charge in [0.05, 0.1) is 19.3 Å². The predicted octanol–water partition coefficient (Wildman–Crippen LogP) is 1.62. The Morgan fingerprint density at radius 1 is 1.22 bits per heavy atom. The van der Waals surface area contributed by atoms with E-state index in [1.165, 1.54) is 0 Å². The molecule has 3 N–H and O–H groups in total. The van der Waals surface area contributed by atoms with Gasteiger partial charge in [0.25, 0.3) is 0 Å². The van der Waals surface area contributed by atoms with Crippen molar-refractivity contribution in [3.05, 3.63) is 42.0 Å². The molecule has 0 saturated carbocycles. The monoisotopic (exact) mass is 245 g/mol. The van der Waals surface area contributed by atoms with Gasteiger partial charge >= 0.3 is 0 Å². The molecule has 5 nitrogen and oxygen atoms in total. The molecule has 2 heterocycles. The lowest BCUT2D eigenvalue weighted by molar-refractivity contribution is 0.297. The van der Waals surface area contributed by atoms with E-state index >= 15 is 0 Å². The van der Waals surface area contributed by atoms with Gasteiger partial charge in [-0.3, -0.25) is 0 Å². The van der Waals surface area contributed by atoms with Gasteiger partial charge in [0.2, 0.25) is 0 Å². The third kappa shape index (κ3) is 2.04. The Bertz CT molecular complexity index is 525. The molecule has 1 aliphatic heterocycles. The smallest absolute Gasteiger partial charge is 0.161 e. The van der Waals surface area contributed by atoms with Gasteiger partial charge in [-0.15, -0.1) is 0 Å². The van der Waals surface area contributed by atoms with Gasteiger partial charge in [0.15, 0.2) is 11.5 Å². The number of hydrogen-bond donors (Lipinski definition) is 2. The van der Waals surface area contributed by atoms with Crippen LogP contribution < -0.4 is 15.2 Å². The Kier molecular flexibility index (Phi) is 2.90. The van der Waals surface area contributed by atoms with Crippen molar-refractivity contribution >= 4 is 0 Å². The standard InChI is InChI=1S/C13H15N3O2/c14-12(13-15-4-5-16-13)9-2-3-10-11(8-9)18-7-1-6-17-10/h2-5,8,12H,1,6-7,14H2,(H,15,16). The topological polar surface area (TPSA) is 73.2 Å². The zero-order valence-corrected chi connectivity index (χ0v) is 9.93. The maximum atomic E-state index is 6.14. The van der Waals surface area contributed by atoms with Crippen LogP contribution in [0.5, 0.6) is 11.5 Å². The number of benzene rings is 1. The Morgan fingerprint density at radius 3 is 2.83 bits per heavy atom. The summed E-state index contributed by atoms with van der Waals surface area (Å²) < 4.78 is 11.2. The molecular weight excluding hydrogens is 230 g/mol. The van der Waals surface area contributed by atoms with Crippen LogP contribution in [0, 0.1) is 0 Å². The molecular formula is C13H15N3O2. The molecule has 1 aromatic heterocycles. The van der Waals surface area contributed by atoms with Crippen molar-refractivity contribution in [2.45, 2.75) is 12.5 Å². The van der Waals surface area contributed by atoms with Crippen molar-refractivity contribution in [3.63, 3.8) is 0 Å². The van der Waals surface area contributed by atoms with Gasteiger partial charge in [0.1, 0.15) is 5.82 Å². The molecule has 2 aromatic rings. The summed E-state index contributed by atoms with van der Waals surface area (Å²) in [5.41, 5.74) is 7.10. The highest BCUT2D eigenvalue weighted by atomic mass is 16.5. The molecule has 5 heteroatoms. The molecule has 3 rings (SSSR count). The molecule has 0 radical (unpaired) electrons. The van der Waals surface area contributed by atoms with Crippen molar-refractivity contribution in [1.82, 2.24) is 9.97 Å². The average molecular weight is 245 g/mol. The second kappa shape index (κ2) is 4.70. The van der Waals surface area contributed by atoms with Crippen LogP contribution in [0.25, 0.3) is 0 Å². The normalized spacial score (nSPS) is 16.1. The van der Waals surface area contributed by atoms with Crippen LogP contribution in [-0.2, 0) is 0 Å². The predicted molar refractivity (Wildman–Crippen MR) is 66.7 cm³/mol. The number of fused-ring (bicyclic) bond motifs is 1. The van der Waals surface area contributed by atoms with Gasteiger partial charge in [-0.2, -0.15) is 0 Å². The minimum Gasteiger partial charge on any atom is -0.490 e. The molecule has 0 amide bonds. The number of nitrogens with one attached hydrogen (secondary N) is 1. The van der Waals surface area contributed by atoms with Crippen molar-refractivity contribution in [1.29, 1.82) is 0 Å². The lowest BCUT2D eigenvalue weighted by atomic mass is 10.1. The first-order chi connectivity index (χ1) is 8.84. The first-order valence-electron chi connectivity index (χ1n) is 5.99. The lowest BCUT2D eigenvalue weighted by Crippen LogP contribution is -2.13. The zero-order chi connectivity index (χ0) is 12.4. The molecule has 1 aromatic carbocycles. The van der Waals surface area contributed by atoms with Gasteiger partial charge in [0, 0.05) is 18.8 Å². The van der Waals surface area contributed by atoms with Crippen LogP contribution in [0.4, 0.5) is 0 Å². The van der Waals surface area contributed by atoms with Crippen LogP contribution in [0.2, 0.25) is 0 Å². The Hall–Kier alpha value is -2.01. The minimum absolute atomic E-state index is 0.280. The fraction of sp³-hybridized carbons (Fsp3) is 0.308. The fourth-order valence-electron chi connectivity index (χ4n) is 1.98. The first kappa shape index (κ1) is 11.1. The molecule has 0 spiro atoms. The third-order valence-corrected chi connectivity index (χ3v) is 2.94. The lowest BCUT2D eigenvalue weighted by Gasteiger charge is -2.13. The van der Waals surface area contributed by atoms with Crippen molar-refractivity contribution in [2.24, 2.45) is 5.73 Å². The van der Waals surface area contributed by atoms with E-state index in [2.05, 4.69) is 9.97 Å². The van der Waals surface area contributed by atoms with Crippen LogP contribution >= 0.6 is 0 Å². The van der Waals surface area contributed by atoms with Crippen molar-refractivity contribution < 1.29 is 9.47 Å². The summed E-state index contributed by atoms with van der Waals surface area (Å²) in [6.45, 7) is 1.36. The second-order valence-electron chi connectivity index (χ2n) is 4.21. The highest BCUT2D eigenvalue weighted by Gasteiger charge is 2.16. The van der Waals surface area contributed by atoms with Crippen molar-refractivity contribution in [2.75, 3.05) is 13.2 Å². The van der Waals surface area contributed by atoms with Crippen LogP contribution in [0.15, 0.2) is 30.6 Å². The number of nitrogens with zero attached hydrogens (tertiary/aromatic N) is 1. The number of imidazole rings is 1. The third-order valence-electron chi connectivity index (χ3n) is 2.94. The van der Waals surface area contributed by atoms with Crippen molar-refractivity contribution in [3.8, 4) is 11.5 Å². The van der Waals surface area contributed by atoms with E-state index in [9.17, 15) is 0 Å². The summed E-state index contributed by atoms with van der Waals surface area (Å²) in [4.78, 5) is 7.19. The van der Waals surface area contributed by atoms with Gasteiger partial charge in [-0.25, -0.2) is 4.98 Å². The number of H-pyrrole nitrogens is 1. The molecule has 1 unspecified atom stereocenters. The number of aromatic nitrogens is 2. The minimum atomic E-state index is -0.280. The summed E-state index contributed by atoms with van der Waals surface area (Å²) in [5, 5.41) is 0. The van der Waals surface area contributed by atoms with Crippen LogP contribution in [0.3, 0.4) is 0 Å². The molecule has 1 atom stereocenters. The molecule has 94 valence electrons.